The zero-order valence-electron chi connectivity index (χ0n) is 44.2. The topological polar surface area (TPSA) is 33.5 Å². The molecule has 0 saturated carbocycles. The number of anilines is 4. The van der Waals surface area contributed by atoms with E-state index in [1.54, 1.807) is 0 Å². The van der Waals surface area contributed by atoms with Crippen LogP contribution in [-0.4, -0.2) is 9.55 Å². The maximum absolute atomic E-state index is 7.07. The third-order valence-corrected chi connectivity index (χ3v) is 14.8. The number of benzene rings is 7. The van der Waals surface area contributed by atoms with Crippen LogP contribution in [0.25, 0.3) is 27.6 Å². The molecule has 2 aromatic heterocycles. The van der Waals surface area contributed by atoms with E-state index in [1.165, 1.54) is 33.4 Å². The Morgan fingerprint density at radius 1 is 0.444 bits per heavy atom. The van der Waals surface area contributed by atoms with E-state index < -0.39 is 5.41 Å². The Morgan fingerprint density at radius 2 is 1.04 bits per heavy atom. The first-order valence-electron chi connectivity index (χ1n) is 25.1. The number of aromatic nitrogens is 2. The second-order valence-electron chi connectivity index (χ2n) is 23.6. The van der Waals surface area contributed by atoms with E-state index in [0.29, 0.717) is 11.5 Å². The van der Waals surface area contributed by atoms with Crippen LogP contribution in [0.3, 0.4) is 0 Å². The first kappa shape index (κ1) is 50.5. The average Bonchev–Trinajstić information content (AvgIpc) is 3.89. The maximum Gasteiger partial charge on any atom is 0.135 e. The average molecular weight is 1130 g/mol. The summed E-state index contributed by atoms with van der Waals surface area (Å²) in [5, 5.41) is 2.22. The summed E-state index contributed by atoms with van der Waals surface area (Å²) in [6, 6.07) is 64.7. The van der Waals surface area contributed by atoms with Gasteiger partial charge in [-0.2, -0.15) is 6.07 Å². The van der Waals surface area contributed by atoms with Gasteiger partial charge in [-0.3, -0.25) is 0 Å². The molecule has 0 spiro atoms. The van der Waals surface area contributed by atoms with Crippen LogP contribution in [0.4, 0.5) is 22.7 Å². The number of nitrogens with zero attached hydrogens (tertiary/aromatic N) is 4. The van der Waals surface area contributed by atoms with Gasteiger partial charge in [0.15, 0.2) is 0 Å². The molecule has 72 heavy (non-hydrogen) atoms. The van der Waals surface area contributed by atoms with Crippen LogP contribution in [0.2, 0.25) is 0 Å². The van der Waals surface area contributed by atoms with Crippen LogP contribution in [-0.2, 0) is 48.1 Å². The molecule has 1 aliphatic rings. The molecular formula is C66H67N4OPt-3. The van der Waals surface area contributed by atoms with Crippen LogP contribution in [0.5, 0.6) is 11.5 Å². The molecule has 7 aromatic carbocycles. The summed E-state index contributed by atoms with van der Waals surface area (Å²) >= 11 is 0. The second kappa shape index (κ2) is 18.6. The molecule has 9 aromatic rings. The van der Waals surface area contributed by atoms with Crippen molar-refractivity contribution in [2.75, 3.05) is 9.80 Å². The summed E-state index contributed by atoms with van der Waals surface area (Å²) in [5.41, 5.74) is 13.9. The fourth-order valence-corrected chi connectivity index (χ4v) is 9.98. The third kappa shape index (κ3) is 9.42. The van der Waals surface area contributed by atoms with E-state index in [2.05, 4.69) is 275 Å². The molecule has 0 saturated heterocycles. The Bertz CT molecular complexity index is 3410. The molecule has 0 unspecified atom stereocenters. The number of hydrogen-bond donors (Lipinski definition) is 0. The SMILES string of the molecule is CC(C)(C)c1cc(N2[CH-]N(c3[c-]c(Oc4[c-]c5c(cc4)c4ccccc4n5-c4cc(C(C)(C)C)ccn4)cc(C(C)(C)c4ccccc4)c3)c3cc(C(C)(C)c4ccccc4)ccc32)cc(C(C)(C)C)c1.[Pt]. The monoisotopic (exact) mass is 1130 g/mol. The van der Waals surface area contributed by atoms with Gasteiger partial charge in [0.2, 0.25) is 0 Å². The fourth-order valence-electron chi connectivity index (χ4n) is 9.98. The summed E-state index contributed by atoms with van der Waals surface area (Å²) in [6.07, 6.45) is 1.92. The van der Waals surface area contributed by atoms with E-state index in [4.69, 9.17) is 9.72 Å². The predicted octanol–water partition coefficient (Wildman–Crippen LogP) is 17.5. The van der Waals surface area contributed by atoms with E-state index in [0.717, 1.165) is 55.9 Å². The van der Waals surface area contributed by atoms with Crippen molar-refractivity contribution in [1.29, 1.82) is 0 Å². The maximum atomic E-state index is 7.07. The summed E-state index contributed by atoms with van der Waals surface area (Å²) in [7, 11) is 0. The second-order valence-corrected chi connectivity index (χ2v) is 23.6. The number of rotatable bonds is 9. The van der Waals surface area contributed by atoms with Gasteiger partial charge in [0.05, 0.1) is 0 Å². The zero-order chi connectivity index (χ0) is 50.3. The van der Waals surface area contributed by atoms with Crippen LogP contribution in [0, 0.1) is 18.8 Å². The summed E-state index contributed by atoms with van der Waals surface area (Å²) in [6.45, 7) is 32.0. The van der Waals surface area contributed by atoms with E-state index in [-0.39, 0.29) is 42.7 Å². The van der Waals surface area contributed by atoms with Crippen LogP contribution in [0.15, 0.2) is 164 Å². The molecule has 3 heterocycles. The Labute approximate surface area is 443 Å². The number of hydrogen-bond acceptors (Lipinski definition) is 4. The molecule has 6 heteroatoms. The minimum Gasteiger partial charge on any atom is -0.509 e. The Morgan fingerprint density at radius 3 is 1.67 bits per heavy atom. The van der Waals surface area contributed by atoms with Gasteiger partial charge >= 0.3 is 0 Å². The van der Waals surface area contributed by atoms with Crippen molar-refractivity contribution in [3.8, 4) is 17.3 Å². The Kier molecular flexibility index (Phi) is 13.0. The number of pyridine rings is 1. The van der Waals surface area contributed by atoms with Crippen LogP contribution in [0.1, 0.15) is 129 Å². The van der Waals surface area contributed by atoms with Gasteiger partial charge in [0.1, 0.15) is 5.82 Å². The predicted molar refractivity (Wildman–Crippen MR) is 297 cm³/mol. The molecule has 0 atom stereocenters. The van der Waals surface area contributed by atoms with Gasteiger partial charge in [-0.25, -0.2) is 4.98 Å². The first-order chi connectivity index (χ1) is 33.6. The summed E-state index contributed by atoms with van der Waals surface area (Å²) in [5.74, 6) is 2.05. The van der Waals surface area contributed by atoms with Crippen LogP contribution >= 0.6 is 0 Å². The number of para-hydroxylation sites is 1. The van der Waals surface area contributed by atoms with Crippen molar-refractivity contribution in [2.45, 2.75) is 117 Å². The van der Waals surface area contributed by atoms with Crippen LogP contribution < -0.4 is 14.5 Å². The fraction of sp³-hybridized carbons (Fsp3) is 0.273. The molecular weight excluding hydrogens is 1060 g/mol. The molecule has 0 bridgehead atoms. The molecule has 0 aliphatic carbocycles. The Balaban J connectivity index is 0.00000640. The van der Waals surface area contributed by atoms with Crippen molar-refractivity contribution in [3.05, 3.63) is 222 Å². The van der Waals surface area contributed by atoms with Gasteiger partial charge < -0.3 is 19.1 Å². The molecule has 0 N–H and O–H groups in total. The molecule has 1 aliphatic heterocycles. The van der Waals surface area contributed by atoms with Gasteiger partial charge in [-0.15, -0.1) is 53.6 Å². The molecule has 0 radical (unpaired) electrons. The van der Waals surface area contributed by atoms with E-state index in [1.807, 2.05) is 12.3 Å². The molecule has 10 rings (SSSR count). The van der Waals surface area contributed by atoms with Gasteiger partial charge in [0, 0.05) is 66.8 Å². The Hall–Kier alpha value is -6.42. The summed E-state index contributed by atoms with van der Waals surface area (Å²) in [4.78, 5) is 9.62. The number of fused-ring (bicyclic) bond motifs is 4. The minimum absolute atomic E-state index is 0. The quantitative estimate of drug-likeness (QED) is 0.135. The normalized spacial score (nSPS) is 13.4. The minimum atomic E-state index is -0.394. The van der Waals surface area contributed by atoms with E-state index >= 15 is 0 Å². The van der Waals surface area contributed by atoms with Gasteiger partial charge in [0.25, 0.3) is 0 Å². The smallest absolute Gasteiger partial charge is 0.135 e. The van der Waals surface area contributed by atoms with Crippen molar-refractivity contribution in [1.82, 2.24) is 9.55 Å². The molecule has 0 fully saturated rings. The van der Waals surface area contributed by atoms with Crippen molar-refractivity contribution in [2.24, 2.45) is 0 Å². The molecule has 5 nitrogen and oxygen atoms in total. The van der Waals surface area contributed by atoms with E-state index in [9.17, 15) is 0 Å². The largest absolute Gasteiger partial charge is 0.509 e. The van der Waals surface area contributed by atoms with Gasteiger partial charge in [-0.1, -0.05) is 187 Å². The first-order valence-corrected chi connectivity index (χ1v) is 25.1. The van der Waals surface area contributed by atoms with Crippen molar-refractivity contribution in [3.63, 3.8) is 0 Å². The standard InChI is InChI=1S/C66H67N4O.Pt/c1-62(2,3)46-32-33-67-61(40-46)70-57-27-21-20-26-55(57)56-30-29-53(42-59(56)70)71-54-38-50(66(12,13)45-24-18-15-19-25-45)37-52(41-54)69-43-68(51-35-48(63(4,5)6)34-49(36-51)64(7,8)9)58-31-28-47(39-60(58)69)65(10,11)44-22-16-14-17-23-44;/h14-40,43H,1-13H3;/q-3;. The van der Waals surface area contributed by atoms with Gasteiger partial charge in [-0.05, 0) is 103 Å². The zero-order valence-corrected chi connectivity index (χ0v) is 46.5. The van der Waals surface area contributed by atoms with Crippen molar-refractivity contribution < 1.29 is 25.8 Å². The number of ether oxygens (including phenoxy) is 1. The molecule has 370 valence electrons. The summed E-state index contributed by atoms with van der Waals surface area (Å²) < 4.78 is 9.28. The van der Waals surface area contributed by atoms with Crippen molar-refractivity contribution >= 4 is 44.6 Å². The third-order valence-electron chi connectivity index (χ3n) is 14.8. The molecule has 0 amide bonds.